The molecule has 18 heavy (non-hydrogen) atoms. The smallest absolute Gasteiger partial charge is 0.313 e. The second-order valence-electron chi connectivity index (χ2n) is 5.87. The summed E-state index contributed by atoms with van der Waals surface area (Å²) in [6.45, 7) is 1.73. The Kier molecular flexibility index (Phi) is 2.93. The Morgan fingerprint density at radius 1 is 1.39 bits per heavy atom. The van der Waals surface area contributed by atoms with Crippen LogP contribution in [0.4, 0.5) is 0 Å². The van der Waals surface area contributed by atoms with Crippen molar-refractivity contribution in [1.29, 1.82) is 0 Å². The van der Waals surface area contributed by atoms with Gasteiger partial charge >= 0.3 is 5.97 Å². The standard InChI is InChI=1S/C14H19NO2S/c1-9(13(16)17)12-15-10-4-7-14(5-2-3-6-14)8-11(10)18-12/h9H,2-8H2,1H3,(H,16,17). The highest BCUT2D eigenvalue weighted by atomic mass is 32.1. The maximum Gasteiger partial charge on any atom is 0.313 e. The van der Waals surface area contributed by atoms with E-state index in [1.807, 2.05) is 0 Å². The molecule has 0 bridgehead atoms. The van der Waals surface area contributed by atoms with Crippen LogP contribution in [0, 0.1) is 5.41 Å². The van der Waals surface area contributed by atoms with E-state index < -0.39 is 11.9 Å². The zero-order valence-electron chi connectivity index (χ0n) is 10.7. The summed E-state index contributed by atoms with van der Waals surface area (Å²) in [7, 11) is 0. The molecule has 1 aromatic rings. The first-order valence-corrected chi connectivity index (χ1v) is 7.63. The van der Waals surface area contributed by atoms with Gasteiger partial charge in [-0.1, -0.05) is 12.8 Å². The number of hydrogen-bond acceptors (Lipinski definition) is 3. The predicted octanol–water partition coefficient (Wildman–Crippen LogP) is 3.38. The van der Waals surface area contributed by atoms with Crippen molar-refractivity contribution in [2.45, 2.75) is 57.8 Å². The molecule has 1 saturated carbocycles. The van der Waals surface area contributed by atoms with Gasteiger partial charge in [-0.2, -0.15) is 0 Å². The topological polar surface area (TPSA) is 50.2 Å². The Bertz CT molecular complexity index is 474. The zero-order valence-corrected chi connectivity index (χ0v) is 11.6. The van der Waals surface area contributed by atoms with E-state index in [0.29, 0.717) is 5.41 Å². The molecule has 0 aromatic carbocycles. The van der Waals surface area contributed by atoms with Crippen molar-refractivity contribution >= 4 is 17.3 Å². The van der Waals surface area contributed by atoms with Crippen LogP contribution in [0.15, 0.2) is 0 Å². The third kappa shape index (κ3) is 1.96. The fourth-order valence-electron chi connectivity index (χ4n) is 3.39. The van der Waals surface area contributed by atoms with Crippen LogP contribution < -0.4 is 0 Å². The van der Waals surface area contributed by atoms with Crippen molar-refractivity contribution in [1.82, 2.24) is 4.98 Å². The highest BCUT2D eigenvalue weighted by Crippen LogP contribution is 2.49. The number of rotatable bonds is 2. The highest BCUT2D eigenvalue weighted by molar-refractivity contribution is 7.12. The Morgan fingerprint density at radius 2 is 2.11 bits per heavy atom. The van der Waals surface area contributed by atoms with Gasteiger partial charge in [0.2, 0.25) is 0 Å². The third-order valence-corrected chi connectivity index (χ3v) is 5.91. The summed E-state index contributed by atoms with van der Waals surface area (Å²) in [5.41, 5.74) is 1.71. The average Bonchev–Trinajstić information content (AvgIpc) is 2.95. The molecule has 0 radical (unpaired) electrons. The van der Waals surface area contributed by atoms with Gasteiger partial charge in [0, 0.05) is 4.88 Å². The van der Waals surface area contributed by atoms with Gasteiger partial charge in [-0.3, -0.25) is 4.79 Å². The van der Waals surface area contributed by atoms with Crippen LogP contribution in [0.5, 0.6) is 0 Å². The quantitative estimate of drug-likeness (QED) is 0.891. The summed E-state index contributed by atoms with van der Waals surface area (Å²) in [6, 6.07) is 0. The van der Waals surface area contributed by atoms with E-state index in [9.17, 15) is 4.79 Å². The summed E-state index contributed by atoms with van der Waals surface area (Å²) >= 11 is 1.64. The van der Waals surface area contributed by atoms with Crippen LogP contribution in [-0.4, -0.2) is 16.1 Å². The van der Waals surface area contributed by atoms with E-state index in [1.54, 1.807) is 18.3 Å². The van der Waals surface area contributed by atoms with Crippen molar-refractivity contribution in [3.8, 4) is 0 Å². The molecule has 0 aliphatic heterocycles. The molecule has 1 atom stereocenters. The molecule has 2 aliphatic rings. The molecule has 2 aliphatic carbocycles. The first-order chi connectivity index (χ1) is 8.60. The lowest BCUT2D eigenvalue weighted by molar-refractivity contribution is -0.138. The number of hydrogen-bond donors (Lipinski definition) is 1. The Balaban J connectivity index is 1.86. The minimum atomic E-state index is -0.767. The average molecular weight is 265 g/mol. The van der Waals surface area contributed by atoms with E-state index in [4.69, 9.17) is 5.11 Å². The van der Waals surface area contributed by atoms with Crippen molar-refractivity contribution in [2.75, 3.05) is 0 Å². The molecule has 1 heterocycles. The molecule has 3 nitrogen and oxygen atoms in total. The summed E-state index contributed by atoms with van der Waals surface area (Å²) in [4.78, 5) is 17.0. The van der Waals surface area contributed by atoms with Gasteiger partial charge in [0.25, 0.3) is 0 Å². The molecule has 0 saturated heterocycles. The molecule has 0 amide bonds. The van der Waals surface area contributed by atoms with Crippen molar-refractivity contribution in [2.24, 2.45) is 5.41 Å². The molecular weight excluding hydrogens is 246 g/mol. The maximum absolute atomic E-state index is 11.0. The van der Waals surface area contributed by atoms with Gasteiger partial charge in [-0.25, -0.2) is 4.98 Å². The first kappa shape index (κ1) is 12.2. The van der Waals surface area contributed by atoms with Gasteiger partial charge < -0.3 is 5.11 Å². The number of aliphatic carboxylic acids is 1. The third-order valence-electron chi connectivity index (χ3n) is 4.63. The Hall–Kier alpha value is -0.900. The molecule has 1 spiro atoms. The lowest BCUT2D eigenvalue weighted by atomic mass is 9.74. The van der Waals surface area contributed by atoms with Gasteiger partial charge in [0.1, 0.15) is 10.9 Å². The van der Waals surface area contributed by atoms with Crippen molar-refractivity contribution in [3.63, 3.8) is 0 Å². The fourth-order valence-corrected chi connectivity index (χ4v) is 4.72. The largest absolute Gasteiger partial charge is 0.481 e. The molecule has 1 unspecified atom stereocenters. The fraction of sp³-hybridized carbons (Fsp3) is 0.714. The molecule has 1 fully saturated rings. The van der Waals surface area contributed by atoms with Crippen LogP contribution in [0.2, 0.25) is 0 Å². The molecule has 98 valence electrons. The minimum Gasteiger partial charge on any atom is -0.481 e. The van der Waals surface area contributed by atoms with Gasteiger partial charge in [0.05, 0.1) is 5.69 Å². The predicted molar refractivity (Wildman–Crippen MR) is 71.1 cm³/mol. The number of nitrogens with zero attached hydrogens (tertiary/aromatic N) is 1. The molecule has 3 rings (SSSR count). The number of carboxylic acid groups (broad SMARTS) is 1. The van der Waals surface area contributed by atoms with Crippen LogP contribution in [0.1, 0.15) is 60.5 Å². The Morgan fingerprint density at radius 3 is 2.78 bits per heavy atom. The van der Waals surface area contributed by atoms with E-state index in [0.717, 1.165) is 17.8 Å². The first-order valence-electron chi connectivity index (χ1n) is 6.81. The van der Waals surface area contributed by atoms with Gasteiger partial charge in [-0.15, -0.1) is 11.3 Å². The number of aryl methyl sites for hydroxylation is 1. The zero-order chi connectivity index (χ0) is 12.8. The van der Waals surface area contributed by atoms with E-state index in [2.05, 4.69) is 4.98 Å². The monoisotopic (exact) mass is 265 g/mol. The second kappa shape index (κ2) is 4.34. The van der Waals surface area contributed by atoms with Crippen LogP contribution in [-0.2, 0) is 17.6 Å². The number of fused-ring (bicyclic) bond motifs is 1. The van der Waals surface area contributed by atoms with Crippen LogP contribution >= 0.6 is 11.3 Å². The minimum absolute atomic E-state index is 0.458. The lowest BCUT2D eigenvalue weighted by Gasteiger charge is -2.32. The maximum atomic E-state index is 11.0. The van der Waals surface area contributed by atoms with Crippen LogP contribution in [0.25, 0.3) is 0 Å². The summed E-state index contributed by atoms with van der Waals surface area (Å²) in [6.07, 6.45) is 8.90. The number of carbonyl (C=O) groups is 1. The number of carboxylic acids is 1. The van der Waals surface area contributed by atoms with Crippen LogP contribution in [0.3, 0.4) is 0 Å². The molecular formula is C14H19NO2S. The van der Waals surface area contributed by atoms with E-state index in [-0.39, 0.29) is 0 Å². The van der Waals surface area contributed by atoms with Gasteiger partial charge in [0.15, 0.2) is 0 Å². The normalized spacial score (nSPS) is 22.9. The summed E-state index contributed by atoms with van der Waals surface area (Å²) in [5.74, 6) is -1.23. The highest BCUT2D eigenvalue weighted by Gasteiger charge is 2.38. The van der Waals surface area contributed by atoms with Gasteiger partial charge in [-0.05, 0) is 44.4 Å². The van der Waals surface area contributed by atoms with Crippen molar-refractivity contribution < 1.29 is 9.90 Å². The SMILES string of the molecule is CC(C(=O)O)c1nc2c(s1)CC1(CCCC1)CC2. The number of thiazole rings is 1. The van der Waals surface area contributed by atoms with E-state index in [1.165, 1.54) is 42.7 Å². The van der Waals surface area contributed by atoms with Crippen molar-refractivity contribution in [3.05, 3.63) is 15.6 Å². The number of aromatic nitrogens is 1. The summed E-state index contributed by atoms with van der Waals surface area (Å²) in [5, 5.41) is 9.86. The van der Waals surface area contributed by atoms with E-state index >= 15 is 0 Å². The Labute approximate surface area is 111 Å². The summed E-state index contributed by atoms with van der Waals surface area (Å²) < 4.78 is 0. The second-order valence-corrected chi connectivity index (χ2v) is 6.98. The molecule has 1 aromatic heterocycles. The molecule has 4 heteroatoms. The lowest BCUT2D eigenvalue weighted by Crippen LogP contribution is -2.24. The molecule has 1 N–H and O–H groups in total.